The lowest BCUT2D eigenvalue weighted by Crippen LogP contribution is -2.07. The number of hydrogen-bond acceptors (Lipinski definition) is 1. The highest BCUT2D eigenvalue weighted by Crippen LogP contribution is 2.21. The lowest BCUT2D eigenvalue weighted by atomic mass is 10.2. The maximum absolute atomic E-state index is 11.8. The van der Waals surface area contributed by atoms with E-state index in [0.717, 1.165) is 23.1 Å². The van der Waals surface area contributed by atoms with Gasteiger partial charge in [0, 0.05) is 24.4 Å². The Kier molecular flexibility index (Phi) is 2.92. The van der Waals surface area contributed by atoms with Crippen molar-refractivity contribution < 1.29 is 4.79 Å². The third-order valence-electron chi connectivity index (χ3n) is 3.35. The van der Waals surface area contributed by atoms with Gasteiger partial charge in [-0.25, -0.2) is 0 Å². The van der Waals surface area contributed by atoms with Gasteiger partial charge in [-0.2, -0.15) is 0 Å². The Bertz CT molecular complexity index is 725. The minimum Gasteiger partial charge on any atom is -0.334 e. The summed E-state index contributed by atoms with van der Waals surface area (Å²) in [7, 11) is 0. The molecule has 2 aromatic carbocycles. The number of carbonyl (C=O) groups excluding carboxylic acids is 1. The Hall–Kier alpha value is -2.35. The van der Waals surface area contributed by atoms with E-state index in [-0.39, 0.29) is 5.78 Å². The van der Waals surface area contributed by atoms with Crippen LogP contribution in [0.2, 0.25) is 0 Å². The van der Waals surface area contributed by atoms with E-state index in [2.05, 4.69) is 22.8 Å². The third kappa shape index (κ3) is 2.17. The summed E-state index contributed by atoms with van der Waals surface area (Å²) in [5.74, 6) is 0.104. The minimum atomic E-state index is 0.104. The second-order valence-electron chi connectivity index (χ2n) is 4.72. The first kappa shape index (κ1) is 11.7. The molecule has 0 fully saturated rings. The topological polar surface area (TPSA) is 22.0 Å². The summed E-state index contributed by atoms with van der Waals surface area (Å²) in [5, 5.41) is 1.11. The normalized spacial score (nSPS) is 10.8. The number of benzene rings is 2. The molecule has 0 atom stereocenters. The highest BCUT2D eigenvalue weighted by molar-refractivity contribution is 5.98. The molecule has 2 nitrogen and oxygen atoms in total. The molecule has 0 N–H and O–H groups in total. The molecule has 1 heterocycles. The quantitative estimate of drug-likeness (QED) is 0.645. The van der Waals surface area contributed by atoms with Crippen LogP contribution in [0.3, 0.4) is 0 Å². The molecule has 2 heteroatoms. The van der Waals surface area contributed by atoms with Gasteiger partial charge in [-0.1, -0.05) is 48.5 Å². The van der Waals surface area contributed by atoms with Crippen molar-refractivity contribution in [3.63, 3.8) is 0 Å². The Morgan fingerprint density at radius 2 is 1.68 bits per heavy atom. The van der Waals surface area contributed by atoms with E-state index in [1.165, 1.54) is 5.56 Å². The molecule has 0 aliphatic heterocycles. The summed E-state index contributed by atoms with van der Waals surface area (Å²) in [6.07, 6.45) is 0. The first-order valence-corrected chi connectivity index (χ1v) is 6.39. The number of rotatable bonds is 3. The van der Waals surface area contributed by atoms with E-state index >= 15 is 0 Å². The van der Waals surface area contributed by atoms with E-state index in [0.29, 0.717) is 0 Å². The molecule has 1 aromatic heterocycles. The van der Waals surface area contributed by atoms with E-state index in [4.69, 9.17) is 0 Å². The second kappa shape index (κ2) is 4.73. The van der Waals surface area contributed by atoms with Gasteiger partial charge < -0.3 is 4.57 Å². The van der Waals surface area contributed by atoms with Crippen molar-refractivity contribution in [1.82, 2.24) is 4.57 Å². The Balaban J connectivity index is 2.15. The van der Waals surface area contributed by atoms with E-state index in [1.807, 2.05) is 42.5 Å². The monoisotopic (exact) mass is 249 g/mol. The first-order valence-electron chi connectivity index (χ1n) is 6.39. The SMILES string of the molecule is CC(=O)c1cc2ccccc2n1Cc1ccccc1. The Morgan fingerprint density at radius 3 is 2.42 bits per heavy atom. The summed E-state index contributed by atoms with van der Waals surface area (Å²) in [6.45, 7) is 2.35. The molecule has 0 aliphatic rings. The van der Waals surface area contributed by atoms with Crippen LogP contribution in [0.4, 0.5) is 0 Å². The average molecular weight is 249 g/mol. The molecule has 0 bridgehead atoms. The number of ketones is 1. The number of carbonyl (C=O) groups is 1. The lowest BCUT2D eigenvalue weighted by Gasteiger charge is -2.09. The fourth-order valence-corrected chi connectivity index (χ4v) is 2.44. The number of Topliss-reactive ketones (excluding diaryl/α,β-unsaturated/α-hetero) is 1. The molecule has 0 spiro atoms. The van der Waals surface area contributed by atoms with Crippen molar-refractivity contribution in [2.75, 3.05) is 0 Å². The maximum atomic E-state index is 11.8. The summed E-state index contributed by atoms with van der Waals surface area (Å²) >= 11 is 0. The minimum absolute atomic E-state index is 0.104. The number of hydrogen-bond donors (Lipinski definition) is 0. The Labute approximate surface area is 112 Å². The van der Waals surface area contributed by atoms with Crippen molar-refractivity contribution >= 4 is 16.7 Å². The number of nitrogens with zero attached hydrogens (tertiary/aromatic N) is 1. The van der Waals surface area contributed by atoms with E-state index in [9.17, 15) is 4.79 Å². The number of fused-ring (bicyclic) bond motifs is 1. The standard InChI is InChI=1S/C17H15NO/c1-13(19)17-11-15-9-5-6-10-16(15)18(17)12-14-7-3-2-4-8-14/h2-11H,12H2,1H3. The molecular formula is C17H15NO. The smallest absolute Gasteiger partial charge is 0.176 e. The summed E-state index contributed by atoms with van der Waals surface area (Å²) in [6, 6.07) is 20.3. The van der Waals surface area contributed by atoms with Crippen LogP contribution >= 0.6 is 0 Å². The predicted octanol–water partition coefficient (Wildman–Crippen LogP) is 3.89. The molecule has 0 aliphatic carbocycles. The zero-order valence-corrected chi connectivity index (χ0v) is 10.8. The molecular weight excluding hydrogens is 234 g/mol. The summed E-state index contributed by atoms with van der Waals surface area (Å²) in [4.78, 5) is 11.8. The fourth-order valence-electron chi connectivity index (χ4n) is 2.44. The van der Waals surface area contributed by atoms with Gasteiger partial charge in [0.15, 0.2) is 5.78 Å². The maximum Gasteiger partial charge on any atom is 0.176 e. The van der Waals surface area contributed by atoms with Crippen molar-refractivity contribution in [1.29, 1.82) is 0 Å². The van der Waals surface area contributed by atoms with E-state index in [1.54, 1.807) is 6.92 Å². The highest BCUT2D eigenvalue weighted by Gasteiger charge is 2.11. The zero-order chi connectivity index (χ0) is 13.2. The van der Waals surface area contributed by atoms with Crippen LogP contribution in [0.15, 0.2) is 60.7 Å². The molecule has 0 amide bonds. The summed E-state index contributed by atoms with van der Waals surface area (Å²) < 4.78 is 2.09. The van der Waals surface area contributed by atoms with Crippen LogP contribution in [0.25, 0.3) is 10.9 Å². The molecule has 0 saturated heterocycles. The molecule has 19 heavy (non-hydrogen) atoms. The van der Waals surface area contributed by atoms with Gasteiger partial charge in [0.1, 0.15) is 0 Å². The molecule has 94 valence electrons. The van der Waals surface area contributed by atoms with Crippen molar-refractivity contribution in [2.24, 2.45) is 0 Å². The lowest BCUT2D eigenvalue weighted by molar-refractivity contribution is 0.101. The average Bonchev–Trinajstić information content (AvgIpc) is 2.79. The van der Waals surface area contributed by atoms with Crippen molar-refractivity contribution in [3.8, 4) is 0 Å². The predicted molar refractivity (Wildman–Crippen MR) is 77.5 cm³/mol. The molecule has 3 aromatic rings. The highest BCUT2D eigenvalue weighted by atomic mass is 16.1. The van der Waals surface area contributed by atoms with Crippen LogP contribution in [0.5, 0.6) is 0 Å². The van der Waals surface area contributed by atoms with Gasteiger partial charge >= 0.3 is 0 Å². The van der Waals surface area contributed by atoms with Gasteiger partial charge in [0.25, 0.3) is 0 Å². The van der Waals surface area contributed by atoms with Gasteiger partial charge in [0.2, 0.25) is 0 Å². The van der Waals surface area contributed by atoms with Crippen molar-refractivity contribution in [2.45, 2.75) is 13.5 Å². The van der Waals surface area contributed by atoms with Gasteiger partial charge in [0.05, 0.1) is 5.69 Å². The fraction of sp³-hybridized carbons (Fsp3) is 0.118. The van der Waals surface area contributed by atoms with Gasteiger partial charge in [-0.3, -0.25) is 4.79 Å². The van der Waals surface area contributed by atoms with Gasteiger partial charge in [-0.15, -0.1) is 0 Å². The molecule has 0 unspecified atom stereocenters. The molecule has 0 saturated carbocycles. The first-order chi connectivity index (χ1) is 9.25. The third-order valence-corrected chi connectivity index (χ3v) is 3.35. The number of para-hydroxylation sites is 1. The summed E-state index contributed by atoms with van der Waals surface area (Å²) in [5.41, 5.74) is 3.08. The van der Waals surface area contributed by atoms with Gasteiger partial charge in [-0.05, 0) is 17.7 Å². The Morgan fingerprint density at radius 1 is 1.00 bits per heavy atom. The number of aromatic nitrogens is 1. The zero-order valence-electron chi connectivity index (χ0n) is 10.8. The van der Waals surface area contributed by atoms with E-state index < -0.39 is 0 Å². The van der Waals surface area contributed by atoms with Crippen molar-refractivity contribution in [3.05, 3.63) is 71.9 Å². The van der Waals surface area contributed by atoms with Crippen LogP contribution in [0, 0.1) is 0 Å². The van der Waals surface area contributed by atoms with Crippen LogP contribution in [-0.4, -0.2) is 10.4 Å². The largest absolute Gasteiger partial charge is 0.334 e. The van der Waals surface area contributed by atoms with Crippen LogP contribution in [0.1, 0.15) is 23.0 Å². The van der Waals surface area contributed by atoms with Crippen LogP contribution < -0.4 is 0 Å². The molecule has 0 radical (unpaired) electrons. The molecule has 3 rings (SSSR count). The van der Waals surface area contributed by atoms with Crippen LogP contribution in [-0.2, 0) is 6.54 Å². The second-order valence-corrected chi connectivity index (χ2v) is 4.72.